The predicted octanol–water partition coefficient (Wildman–Crippen LogP) is 1.77. The number of benzene rings is 1. The molecule has 0 aliphatic heterocycles. The molecule has 2 aromatic rings. The van der Waals surface area contributed by atoms with Crippen molar-refractivity contribution in [3.63, 3.8) is 0 Å². The molecule has 6 heteroatoms. The van der Waals surface area contributed by atoms with E-state index in [0.717, 1.165) is 16.2 Å². The summed E-state index contributed by atoms with van der Waals surface area (Å²) in [5.74, 6) is 0.273. The molecule has 1 heterocycles. The van der Waals surface area contributed by atoms with Crippen LogP contribution in [0.5, 0.6) is 0 Å². The van der Waals surface area contributed by atoms with Crippen LogP contribution < -0.4 is 10.6 Å². The fraction of sp³-hybridized carbons (Fsp3) is 0.0909. The zero-order chi connectivity index (χ0) is 12.4. The number of nitrogens with two attached hydrogens (primary N) is 1. The number of hydrogen-bond donors (Lipinski definition) is 3. The highest BCUT2D eigenvalue weighted by molar-refractivity contribution is 5.83. The Kier molecular flexibility index (Phi) is 2.70. The topological polar surface area (TPSA) is 95.2 Å². The molecule has 1 amide bonds. The summed E-state index contributed by atoms with van der Waals surface area (Å²) in [6.45, 7) is 0. The third kappa shape index (κ3) is 2.20. The molecule has 1 aromatic carbocycles. The molecule has 0 bridgehead atoms. The van der Waals surface area contributed by atoms with Gasteiger partial charge in [-0.15, -0.1) is 0 Å². The van der Waals surface area contributed by atoms with Gasteiger partial charge in [-0.3, -0.25) is 4.90 Å². The summed E-state index contributed by atoms with van der Waals surface area (Å²) in [5.41, 5.74) is 7.90. The van der Waals surface area contributed by atoms with Crippen LogP contribution in [-0.2, 0) is 0 Å². The molecule has 0 atom stereocenters. The standard InChI is InChI=1S/C11H12N4O2/c1-15(11(16)17)10-13-6-9(14-10)7-3-2-4-8(12)5-7/h2-6H,12H2,1H3,(H,13,14)(H,16,17). The molecular formula is C11H12N4O2. The number of anilines is 2. The number of nitrogens with one attached hydrogen (secondary N) is 1. The zero-order valence-electron chi connectivity index (χ0n) is 9.21. The van der Waals surface area contributed by atoms with Crippen molar-refractivity contribution in [3.8, 4) is 11.3 Å². The highest BCUT2D eigenvalue weighted by atomic mass is 16.4. The van der Waals surface area contributed by atoms with Gasteiger partial charge >= 0.3 is 6.09 Å². The predicted molar refractivity (Wildman–Crippen MR) is 64.9 cm³/mol. The number of nitrogens with zero attached hydrogens (tertiary/aromatic N) is 2. The van der Waals surface area contributed by atoms with Crippen molar-refractivity contribution >= 4 is 17.7 Å². The number of aromatic amines is 1. The maximum Gasteiger partial charge on any atom is 0.413 e. The van der Waals surface area contributed by atoms with Gasteiger partial charge in [0.05, 0.1) is 11.9 Å². The first-order valence-electron chi connectivity index (χ1n) is 4.95. The van der Waals surface area contributed by atoms with Crippen LogP contribution in [0.25, 0.3) is 11.3 Å². The van der Waals surface area contributed by atoms with Crippen molar-refractivity contribution in [2.45, 2.75) is 0 Å². The van der Waals surface area contributed by atoms with Crippen LogP contribution in [0.2, 0.25) is 0 Å². The van der Waals surface area contributed by atoms with Crippen molar-refractivity contribution in [1.82, 2.24) is 9.97 Å². The Bertz CT molecular complexity index is 550. The lowest BCUT2D eigenvalue weighted by Crippen LogP contribution is -2.24. The van der Waals surface area contributed by atoms with Gasteiger partial charge in [-0.25, -0.2) is 9.78 Å². The van der Waals surface area contributed by atoms with Gasteiger partial charge in [-0.1, -0.05) is 12.1 Å². The second-order valence-electron chi connectivity index (χ2n) is 3.59. The minimum atomic E-state index is -1.07. The van der Waals surface area contributed by atoms with Gasteiger partial charge in [-0.2, -0.15) is 0 Å². The molecule has 0 saturated carbocycles. The fourth-order valence-corrected chi connectivity index (χ4v) is 1.42. The Morgan fingerprint density at radius 2 is 2.29 bits per heavy atom. The summed E-state index contributed by atoms with van der Waals surface area (Å²) in [7, 11) is 1.42. The lowest BCUT2D eigenvalue weighted by Gasteiger charge is -2.07. The van der Waals surface area contributed by atoms with Gasteiger partial charge in [-0.05, 0) is 12.1 Å². The second-order valence-corrected chi connectivity index (χ2v) is 3.59. The van der Waals surface area contributed by atoms with E-state index in [9.17, 15) is 4.79 Å². The highest BCUT2D eigenvalue weighted by Crippen LogP contribution is 2.21. The zero-order valence-corrected chi connectivity index (χ0v) is 9.21. The smallest absolute Gasteiger partial charge is 0.413 e. The van der Waals surface area contributed by atoms with Crippen LogP contribution in [-0.4, -0.2) is 28.2 Å². The summed E-state index contributed by atoms with van der Waals surface area (Å²) in [6.07, 6.45) is 0.502. The maximum absolute atomic E-state index is 10.7. The molecule has 0 saturated heterocycles. The van der Waals surface area contributed by atoms with E-state index in [1.165, 1.54) is 7.05 Å². The van der Waals surface area contributed by atoms with Gasteiger partial charge in [0.15, 0.2) is 0 Å². The monoisotopic (exact) mass is 232 g/mol. The molecule has 0 spiro atoms. The molecule has 4 N–H and O–H groups in total. The first-order valence-corrected chi connectivity index (χ1v) is 4.95. The summed E-state index contributed by atoms with van der Waals surface area (Å²) in [5, 5.41) is 8.81. The Hall–Kier alpha value is -2.50. The van der Waals surface area contributed by atoms with E-state index in [0.29, 0.717) is 5.69 Å². The summed E-state index contributed by atoms with van der Waals surface area (Å²) in [4.78, 5) is 18.7. The molecule has 0 aliphatic carbocycles. The second kappa shape index (κ2) is 4.17. The van der Waals surface area contributed by atoms with Crippen molar-refractivity contribution in [3.05, 3.63) is 30.5 Å². The third-order valence-corrected chi connectivity index (χ3v) is 2.36. The number of hydrogen-bond acceptors (Lipinski definition) is 3. The normalized spacial score (nSPS) is 10.2. The Labute approximate surface area is 97.7 Å². The lowest BCUT2D eigenvalue weighted by molar-refractivity contribution is 0.203. The number of H-pyrrole nitrogens is 1. The minimum Gasteiger partial charge on any atom is -0.465 e. The Morgan fingerprint density at radius 1 is 1.53 bits per heavy atom. The molecule has 2 rings (SSSR count). The average molecular weight is 232 g/mol. The van der Waals surface area contributed by atoms with Gasteiger partial charge < -0.3 is 15.8 Å². The molecular weight excluding hydrogens is 220 g/mol. The molecule has 6 nitrogen and oxygen atoms in total. The summed E-state index contributed by atoms with van der Waals surface area (Å²) in [6, 6.07) is 7.27. The molecule has 88 valence electrons. The SMILES string of the molecule is CN(C(=O)O)c1ncc(-c2cccc(N)c2)[nH]1. The van der Waals surface area contributed by atoms with E-state index >= 15 is 0 Å². The largest absolute Gasteiger partial charge is 0.465 e. The molecule has 1 aromatic heterocycles. The van der Waals surface area contributed by atoms with Crippen LogP contribution in [0.3, 0.4) is 0 Å². The number of aromatic nitrogens is 2. The first kappa shape index (κ1) is 11.0. The summed E-state index contributed by atoms with van der Waals surface area (Å²) < 4.78 is 0. The quantitative estimate of drug-likeness (QED) is 0.687. The van der Waals surface area contributed by atoms with Crippen LogP contribution in [0.4, 0.5) is 16.4 Å². The maximum atomic E-state index is 10.7. The number of rotatable bonds is 2. The van der Waals surface area contributed by atoms with E-state index in [1.54, 1.807) is 18.3 Å². The van der Waals surface area contributed by atoms with Crippen LogP contribution in [0.15, 0.2) is 30.5 Å². The van der Waals surface area contributed by atoms with E-state index in [1.807, 2.05) is 12.1 Å². The van der Waals surface area contributed by atoms with Gasteiger partial charge in [0.25, 0.3) is 0 Å². The van der Waals surface area contributed by atoms with E-state index in [-0.39, 0.29) is 5.95 Å². The molecule has 17 heavy (non-hydrogen) atoms. The van der Waals surface area contributed by atoms with Crippen molar-refractivity contribution in [1.29, 1.82) is 0 Å². The highest BCUT2D eigenvalue weighted by Gasteiger charge is 2.12. The number of imidazole rings is 1. The molecule has 0 radical (unpaired) electrons. The van der Waals surface area contributed by atoms with Crippen molar-refractivity contribution in [2.75, 3.05) is 17.7 Å². The molecule has 0 aliphatic rings. The fourth-order valence-electron chi connectivity index (χ4n) is 1.42. The molecule has 0 fully saturated rings. The van der Waals surface area contributed by atoms with E-state index in [2.05, 4.69) is 9.97 Å². The van der Waals surface area contributed by atoms with Crippen LogP contribution >= 0.6 is 0 Å². The van der Waals surface area contributed by atoms with Gasteiger partial charge in [0.2, 0.25) is 5.95 Å². The number of nitrogen functional groups attached to an aromatic ring is 1. The van der Waals surface area contributed by atoms with Gasteiger partial charge in [0, 0.05) is 18.3 Å². The van der Waals surface area contributed by atoms with Gasteiger partial charge in [0.1, 0.15) is 0 Å². The van der Waals surface area contributed by atoms with Crippen molar-refractivity contribution < 1.29 is 9.90 Å². The molecule has 0 unspecified atom stereocenters. The lowest BCUT2D eigenvalue weighted by atomic mass is 10.1. The van der Waals surface area contributed by atoms with Crippen LogP contribution in [0.1, 0.15) is 0 Å². The number of amides is 1. The van der Waals surface area contributed by atoms with E-state index < -0.39 is 6.09 Å². The average Bonchev–Trinajstić information content (AvgIpc) is 2.77. The Balaban J connectivity index is 2.33. The minimum absolute atomic E-state index is 0.273. The third-order valence-electron chi connectivity index (χ3n) is 2.36. The van der Waals surface area contributed by atoms with Crippen molar-refractivity contribution in [2.24, 2.45) is 0 Å². The Morgan fingerprint density at radius 3 is 2.94 bits per heavy atom. The number of carbonyl (C=O) groups is 1. The number of carboxylic acid groups (broad SMARTS) is 1. The summed E-state index contributed by atoms with van der Waals surface area (Å²) >= 11 is 0. The van der Waals surface area contributed by atoms with Crippen LogP contribution in [0, 0.1) is 0 Å². The van der Waals surface area contributed by atoms with E-state index in [4.69, 9.17) is 10.8 Å². The first-order chi connectivity index (χ1) is 8.08.